The predicted molar refractivity (Wildman–Crippen MR) is 87.5 cm³/mol. The molecule has 0 bridgehead atoms. The molecule has 0 aliphatic rings. The number of rotatable bonds is 6. The van der Waals surface area contributed by atoms with E-state index in [-0.39, 0.29) is 12.5 Å². The quantitative estimate of drug-likeness (QED) is 0.859. The summed E-state index contributed by atoms with van der Waals surface area (Å²) >= 11 is 1.35. The number of carbonyl (C=O) groups excluding carboxylic acids is 2. The molecule has 1 aromatic heterocycles. The minimum atomic E-state index is -0.550. The van der Waals surface area contributed by atoms with Gasteiger partial charge in [-0.05, 0) is 31.5 Å². The largest absolute Gasteiger partial charge is 0.484 e. The smallest absolute Gasteiger partial charge is 0.262 e. The molecule has 5 nitrogen and oxygen atoms in total. The zero-order chi connectivity index (χ0) is 16.1. The van der Waals surface area contributed by atoms with Gasteiger partial charge < -0.3 is 15.8 Å². The zero-order valence-electron chi connectivity index (χ0n) is 12.5. The maximum absolute atomic E-state index is 11.9. The van der Waals surface area contributed by atoms with Crippen molar-refractivity contribution in [3.8, 4) is 5.75 Å². The van der Waals surface area contributed by atoms with Crippen LogP contribution >= 0.6 is 11.3 Å². The van der Waals surface area contributed by atoms with Crippen LogP contribution in [0.25, 0.3) is 0 Å². The maximum Gasteiger partial charge on any atom is 0.262 e. The molecule has 0 saturated heterocycles. The monoisotopic (exact) mass is 318 g/mol. The van der Waals surface area contributed by atoms with Crippen molar-refractivity contribution in [2.75, 3.05) is 11.9 Å². The van der Waals surface area contributed by atoms with Gasteiger partial charge in [-0.1, -0.05) is 24.6 Å². The molecular weight excluding hydrogens is 300 g/mol. The number of primary amides is 1. The van der Waals surface area contributed by atoms with E-state index < -0.39 is 5.91 Å². The third-order valence-electron chi connectivity index (χ3n) is 3.04. The fourth-order valence-electron chi connectivity index (χ4n) is 1.84. The van der Waals surface area contributed by atoms with Crippen LogP contribution in [0.3, 0.4) is 0 Å². The second-order valence-corrected chi connectivity index (χ2v) is 5.96. The van der Waals surface area contributed by atoms with Crippen molar-refractivity contribution in [1.29, 1.82) is 0 Å². The van der Waals surface area contributed by atoms with E-state index in [0.717, 1.165) is 16.9 Å². The van der Waals surface area contributed by atoms with Crippen LogP contribution in [0, 0.1) is 6.92 Å². The Morgan fingerprint density at radius 2 is 1.95 bits per heavy atom. The summed E-state index contributed by atoms with van der Waals surface area (Å²) in [6.45, 7) is 3.83. The van der Waals surface area contributed by atoms with Gasteiger partial charge in [-0.25, -0.2) is 0 Å². The Hall–Kier alpha value is -2.34. The Kier molecular flexibility index (Phi) is 5.16. The molecule has 0 unspecified atom stereocenters. The minimum Gasteiger partial charge on any atom is -0.484 e. The number of anilines is 1. The Balaban J connectivity index is 1.98. The van der Waals surface area contributed by atoms with E-state index in [1.54, 1.807) is 18.2 Å². The highest BCUT2D eigenvalue weighted by Gasteiger charge is 2.15. The highest BCUT2D eigenvalue weighted by molar-refractivity contribution is 7.16. The van der Waals surface area contributed by atoms with Gasteiger partial charge in [-0.15, -0.1) is 11.3 Å². The van der Waals surface area contributed by atoms with E-state index in [2.05, 4.69) is 5.32 Å². The number of carbonyl (C=O) groups is 2. The molecule has 2 amide bonds. The molecule has 116 valence electrons. The second-order valence-electron chi connectivity index (χ2n) is 4.82. The molecule has 1 heterocycles. The number of ether oxygens (including phenoxy) is 1. The SMILES string of the molecule is CCc1cc(C(N)=O)c(NC(=O)COc2ccc(C)cc2)s1. The van der Waals surface area contributed by atoms with E-state index in [0.29, 0.717) is 16.3 Å². The summed E-state index contributed by atoms with van der Waals surface area (Å²) in [4.78, 5) is 24.3. The van der Waals surface area contributed by atoms with Crippen LogP contribution in [-0.2, 0) is 11.2 Å². The molecule has 22 heavy (non-hydrogen) atoms. The number of benzene rings is 1. The van der Waals surface area contributed by atoms with E-state index in [1.165, 1.54) is 11.3 Å². The summed E-state index contributed by atoms with van der Waals surface area (Å²) in [6.07, 6.45) is 0.778. The van der Waals surface area contributed by atoms with Gasteiger partial charge in [0, 0.05) is 4.88 Å². The number of hydrogen-bond donors (Lipinski definition) is 2. The summed E-state index contributed by atoms with van der Waals surface area (Å²) in [5, 5.41) is 3.16. The number of thiophene rings is 1. The first kappa shape index (κ1) is 16.0. The first-order valence-corrected chi connectivity index (χ1v) is 7.73. The van der Waals surface area contributed by atoms with Crippen molar-refractivity contribution < 1.29 is 14.3 Å². The van der Waals surface area contributed by atoms with Crippen molar-refractivity contribution >= 4 is 28.2 Å². The maximum atomic E-state index is 11.9. The number of amides is 2. The van der Waals surface area contributed by atoms with E-state index in [1.807, 2.05) is 26.0 Å². The first-order valence-electron chi connectivity index (χ1n) is 6.91. The highest BCUT2D eigenvalue weighted by atomic mass is 32.1. The van der Waals surface area contributed by atoms with E-state index in [4.69, 9.17) is 10.5 Å². The molecule has 0 radical (unpaired) electrons. The normalized spacial score (nSPS) is 10.3. The Morgan fingerprint density at radius 3 is 2.55 bits per heavy atom. The van der Waals surface area contributed by atoms with Gasteiger partial charge in [-0.2, -0.15) is 0 Å². The Labute approximate surface area is 133 Å². The van der Waals surface area contributed by atoms with Crippen molar-refractivity contribution in [3.63, 3.8) is 0 Å². The summed E-state index contributed by atoms with van der Waals surface area (Å²) in [7, 11) is 0. The molecule has 2 aromatic rings. The van der Waals surface area contributed by atoms with Crippen LogP contribution in [0.5, 0.6) is 5.75 Å². The number of nitrogens with one attached hydrogen (secondary N) is 1. The number of aryl methyl sites for hydroxylation is 2. The lowest BCUT2D eigenvalue weighted by atomic mass is 10.2. The van der Waals surface area contributed by atoms with Crippen LogP contribution in [0.4, 0.5) is 5.00 Å². The fourth-order valence-corrected chi connectivity index (χ4v) is 2.86. The van der Waals surface area contributed by atoms with Crippen molar-refractivity contribution in [2.24, 2.45) is 5.73 Å². The topological polar surface area (TPSA) is 81.4 Å². The standard InChI is InChI=1S/C16H18N2O3S/c1-3-12-8-13(15(17)20)16(22-12)18-14(19)9-21-11-6-4-10(2)5-7-11/h4-8H,3,9H2,1-2H3,(H2,17,20)(H,18,19). The van der Waals surface area contributed by atoms with Gasteiger partial charge >= 0.3 is 0 Å². The van der Waals surface area contributed by atoms with E-state index >= 15 is 0 Å². The summed E-state index contributed by atoms with van der Waals surface area (Å²) < 4.78 is 5.40. The average molecular weight is 318 g/mol. The molecule has 2 rings (SSSR count). The van der Waals surface area contributed by atoms with Crippen LogP contribution in [0.1, 0.15) is 27.7 Å². The van der Waals surface area contributed by atoms with Crippen molar-refractivity contribution in [3.05, 3.63) is 46.3 Å². The van der Waals surface area contributed by atoms with Crippen molar-refractivity contribution in [1.82, 2.24) is 0 Å². The van der Waals surface area contributed by atoms with Gasteiger partial charge in [0.2, 0.25) is 0 Å². The molecule has 0 aliphatic heterocycles. The lowest BCUT2D eigenvalue weighted by molar-refractivity contribution is -0.118. The molecular formula is C16H18N2O3S. The molecule has 0 spiro atoms. The van der Waals surface area contributed by atoms with Crippen LogP contribution in [0.2, 0.25) is 0 Å². The number of hydrogen-bond acceptors (Lipinski definition) is 4. The van der Waals surface area contributed by atoms with Crippen LogP contribution < -0.4 is 15.8 Å². The summed E-state index contributed by atoms with van der Waals surface area (Å²) in [5.74, 6) is -0.255. The predicted octanol–water partition coefficient (Wildman–Crippen LogP) is 2.74. The summed E-state index contributed by atoms with van der Waals surface area (Å²) in [6, 6.07) is 9.13. The molecule has 3 N–H and O–H groups in total. The lowest BCUT2D eigenvalue weighted by Gasteiger charge is -2.07. The third-order valence-corrected chi connectivity index (χ3v) is 4.24. The van der Waals surface area contributed by atoms with Crippen molar-refractivity contribution in [2.45, 2.75) is 20.3 Å². The minimum absolute atomic E-state index is 0.124. The Morgan fingerprint density at radius 1 is 1.27 bits per heavy atom. The van der Waals surface area contributed by atoms with Gasteiger partial charge in [0.15, 0.2) is 6.61 Å². The first-order chi connectivity index (χ1) is 10.5. The lowest BCUT2D eigenvalue weighted by Crippen LogP contribution is -2.21. The average Bonchev–Trinajstić information content (AvgIpc) is 2.90. The highest BCUT2D eigenvalue weighted by Crippen LogP contribution is 2.28. The van der Waals surface area contributed by atoms with Gasteiger partial charge in [0.1, 0.15) is 10.8 Å². The Bertz CT molecular complexity index is 677. The van der Waals surface area contributed by atoms with Gasteiger partial charge in [0.05, 0.1) is 5.56 Å². The van der Waals surface area contributed by atoms with Gasteiger partial charge in [0.25, 0.3) is 11.8 Å². The van der Waals surface area contributed by atoms with Crippen LogP contribution in [0.15, 0.2) is 30.3 Å². The summed E-state index contributed by atoms with van der Waals surface area (Å²) in [5.41, 5.74) is 6.78. The fraction of sp³-hybridized carbons (Fsp3) is 0.250. The molecule has 0 saturated carbocycles. The molecule has 0 fully saturated rings. The van der Waals surface area contributed by atoms with Gasteiger partial charge in [-0.3, -0.25) is 9.59 Å². The molecule has 1 aromatic carbocycles. The third kappa shape index (κ3) is 4.08. The molecule has 6 heteroatoms. The van der Waals surface area contributed by atoms with E-state index in [9.17, 15) is 9.59 Å². The molecule has 0 atom stereocenters. The molecule has 0 aliphatic carbocycles. The van der Waals surface area contributed by atoms with Crippen LogP contribution in [-0.4, -0.2) is 18.4 Å². The zero-order valence-corrected chi connectivity index (χ0v) is 13.3. The number of nitrogens with two attached hydrogens (primary N) is 1. The second kappa shape index (κ2) is 7.09.